The van der Waals surface area contributed by atoms with Crippen LogP contribution in [0, 0.1) is 0 Å². The van der Waals surface area contributed by atoms with Crippen LogP contribution in [0.25, 0.3) is 0 Å². The molecular formula is C13H12O5P-. The number of para-hydroxylation sites is 4. The topological polar surface area (TPSA) is 46.2 Å². The van der Waals surface area contributed by atoms with E-state index in [1.807, 2.05) is 24.3 Å². The Morgan fingerprint density at radius 1 is 0.684 bits per heavy atom. The average molecular weight is 279 g/mol. The van der Waals surface area contributed by atoms with E-state index >= 15 is 0 Å². The third kappa shape index (κ3) is 1.37. The van der Waals surface area contributed by atoms with Crippen molar-refractivity contribution in [3.63, 3.8) is 0 Å². The van der Waals surface area contributed by atoms with Crippen LogP contribution in [-0.4, -0.2) is 7.11 Å². The second-order valence-electron chi connectivity index (χ2n) is 4.34. The second-order valence-corrected chi connectivity index (χ2v) is 7.23. The molecular weight excluding hydrogens is 267 g/mol. The van der Waals surface area contributed by atoms with Crippen molar-refractivity contribution in [2.24, 2.45) is 0 Å². The van der Waals surface area contributed by atoms with Crippen LogP contribution in [-0.2, 0) is 4.52 Å². The molecule has 2 aliphatic rings. The predicted molar refractivity (Wildman–Crippen MR) is 70.7 cm³/mol. The van der Waals surface area contributed by atoms with E-state index in [0.717, 1.165) is 0 Å². The summed E-state index contributed by atoms with van der Waals surface area (Å²) in [6.07, 6.45) is 0. The fraction of sp³-hybridized carbons (Fsp3) is 0.0769. The van der Waals surface area contributed by atoms with Crippen molar-refractivity contribution in [3.05, 3.63) is 48.5 Å². The van der Waals surface area contributed by atoms with Gasteiger partial charge in [0.15, 0.2) is 0 Å². The van der Waals surface area contributed by atoms with Gasteiger partial charge in [0, 0.05) is 0 Å². The van der Waals surface area contributed by atoms with Crippen LogP contribution in [0.2, 0.25) is 0 Å². The zero-order valence-corrected chi connectivity index (χ0v) is 11.2. The number of benzene rings is 2. The van der Waals surface area contributed by atoms with Gasteiger partial charge in [-0.25, -0.2) is 0 Å². The summed E-state index contributed by atoms with van der Waals surface area (Å²) in [4.78, 5) is 0. The molecule has 19 heavy (non-hydrogen) atoms. The van der Waals surface area contributed by atoms with Crippen LogP contribution >= 0.6 is 7.74 Å². The second kappa shape index (κ2) is 3.32. The summed E-state index contributed by atoms with van der Waals surface area (Å²) in [6.45, 7) is 0. The molecule has 2 aromatic carbocycles. The first-order valence-electron chi connectivity index (χ1n) is 5.90. The van der Waals surface area contributed by atoms with Gasteiger partial charge in [-0.3, -0.25) is 0 Å². The maximum atomic E-state index is 5.84. The molecule has 2 heterocycles. The van der Waals surface area contributed by atoms with Crippen LogP contribution in [0.15, 0.2) is 48.5 Å². The first-order valence-corrected chi connectivity index (χ1v) is 7.94. The predicted octanol–water partition coefficient (Wildman–Crippen LogP) is 3.44. The summed E-state index contributed by atoms with van der Waals surface area (Å²) in [5.74, 6) is 2.24. The van der Waals surface area contributed by atoms with Crippen LogP contribution in [0.5, 0.6) is 23.0 Å². The quantitative estimate of drug-likeness (QED) is 0.748. The van der Waals surface area contributed by atoms with Crippen molar-refractivity contribution in [3.8, 4) is 23.0 Å². The normalized spacial score (nSPS) is 21.8. The molecule has 0 unspecified atom stereocenters. The van der Waals surface area contributed by atoms with E-state index in [2.05, 4.69) is 0 Å². The summed E-state index contributed by atoms with van der Waals surface area (Å²) < 4.78 is 28.8. The minimum atomic E-state index is -4.37. The van der Waals surface area contributed by atoms with Crippen LogP contribution < -0.4 is 18.1 Å². The van der Waals surface area contributed by atoms with E-state index in [9.17, 15) is 0 Å². The fourth-order valence-electron chi connectivity index (χ4n) is 2.25. The van der Waals surface area contributed by atoms with Gasteiger partial charge in [-0.05, 0) is 0 Å². The molecule has 1 spiro atoms. The van der Waals surface area contributed by atoms with Gasteiger partial charge in [-0.1, -0.05) is 0 Å². The van der Waals surface area contributed by atoms with E-state index in [0.29, 0.717) is 23.0 Å². The van der Waals surface area contributed by atoms with Gasteiger partial charge >= 0.3 is 109 Å². The Hall–Kier alpha value is -1.97. The van der Waals surface area contributed by atoms with Crippen molar-refractivity contribution < 1.29 is 22.6 Å². The number of fused-ring (bicyclic) bond motifs is 2. The maximum absolute atomic E-state index is 5.84. The minimum absolute atomic E-state index is 0.561. The molecule has 0 amide bonds. The van der Waals surface area contributed by atoms with E-state index < -0.39 is 7.74 Å². The summed E-state index contributed by atoms with van der Waals surface area (Å²) in [5.41, 5.74) is 0. The molecule has 0 aliphatic carbocycles. The Balaban J connectivity index is 1.83. The fourth-order valence-corrected chi connectivity index (χ4v) is 4.94. The van der Waals surface area contributed by atoms with Gasteiger partial charge in [0.05, 0.1) is 0 Å². The molecule has 0 fully saturated rings. The van der Waals surface area contributed by atoms with Crippen molar-refractivity contribution in [1.82, 2.24) is 0 Å². The van der Waals surface area contributed by atoms with E-state index in [4.69, 9.17) is 22.6 Å². The first kappa shape index (κ1) is 10.9. The molecule has 0 saturated carbocycles. The molecule has 0 atom stereocenters. The van der Waals surface area contributed by atoms with Gasteiger partial charge in [-0.15, -0.1) is 0 Å². The third-order valence-electron chi connectivity index (χ3n) is 3.14. The number of hydrogen-bond donors (Lipinski definition) is 0. The van der Waals surface area contributed by atoms with Gasteiger partial charge in [0.1, 0.15) is 0 Å². The molecule has 0 radical (unpaired) electrons. The standard InChI is InChI=1S/C13H12O5P/c1-14-19(15-10-6-2-3-7-11(10)16-19)17-12-8-4-5-9-13(12)18-19/h2-9,19H,1H3/q-1. The summed E-state index contributed by atoms with van der Waals surface area (Å²) >= 11 is 0. The zero-order valence-electron chi connectivity index (χ0n) is 10.2. The Labute approximate surface area is 110 Å². The monoisotopic (exact) mass is 279 g/mol. The Morgan fingerprint density at radius 3 is 1.26 bits per heavy atom. The first-order chi connectivity index (χ1) is 9.22. The molecule has 2 aliphatic heterocycles. The van der Waals surface area contributed by atoms with Gasteiger partial charge in [0.2, 0.25) is 0 Å². The summed E-state index contributed by atoms with van der Waals surface area (Å²) in [7, 11) is -2.91. The molecule has 0 aromatic heterocycles. The zero-order chi connectivity index (χ0) is 12.9. The van der Waals surface area contributed by atoms with E-state index in [1.165, 1.54) is 7.11 Å². The van der Waals surface area contributed by atoms with Gasteiger partial charge in [0.25, 0.3) is 0 Å². The van der Waals surface area contributed by atoms with Crippen molar-refractivity contribution in [1.29, 1.82) is 0 Å². The van der Waals surface area contributed by atoms with Crippen LogP contribution in [0.1, 0.15) is 0 Å². The van der Waals surface area contributed by atoms with E-state index in [1.54, 1.807) is 24.3 Å². The van der Waals surface area contributed by atoms with Crippen LogP contribution in [0.4, 0.5) is 0 Å². The van der Waals surface area contributed by atoms with Crippen LogP contribution in [0.3, 0.4) is 0 Å². The molecule has 2 aromatic rings. The summed E-state index contributed by atoms with van der Waals surface area (Å²) in [6, 6.07) is 14.6. The molecule has 0 N–H and O–H groups in total. The molecule has 6 heteroatoms. The van der Waals surface area contributed by atoms with E-state index in [-0.39, 0.29) is 0 Å². The Morgan fingerprint density at radius 2 is 1.00 bits per heavy atom. The molecule has 0 bridgehead atoms. The van der Waals surface area contributed by atoms with Crippen molar-refractivity contribution >= 4 is 7.74 Å². The molecule has 0 saturated heterocycles. The molecule has 4 rings (SSSR count). The van der Waals surface area contributed by atoms with Gasteiger partial charge in [-0.2, -0.15) is 0 Å². The van der Waals surface area contributed by atoms with Gasteiger partial charge < -0.3 is 0 Å². The van der Waals surface area contributed by atoms with Crippen molar-refractivity contribution in [2.75, 3.05) is 7.11 Å². The average Bonchev–Trinajstić information content (AvgIpc) is 2.94. The molecule has 5 nitrogen and oxygen atoms in total. The SMILES string of the molecule is CO[PH-]12(Oc3ccccc3O1)Oc1ccccc1O2. The Kier molecular flexibility index (Phi) is 1.91. The number of hydrogen-bond acceptors (Lipinski definition) is 5. The third-order valence-corrected chi connectivity index (χ3v) is 6.02. The Bertz CT molecular complexity index is 559. The molecule has 100 valence electrons. The number of rotatable bonds is 1. The van der Waals surface area contributed by atoms with Crippen molar-refractivity contribution in [2.45, 2.75) is 0 Å². The summed E-state index contributed by atoms with van der Waals surface area (Å²) in [5, 5.41) is 0.